The molecule has 2 amide bonds. The van der Waals surface area contributed by atoms with Gasteiger partial charge in [0.25, 0.3) is 10.0 Å². The summed E-state index contributed by atoms with van der Waals surface area (Å²) in [5, 5.41) is 2.70. The van der Waals surface area contributed by atoms with Crippen LogP contribution >= 0.6 is 0 Å². The summed E-state index contributed by atoms with van der Waals surface area (Å²) in [4.78, 5) is 27.8. The summed E-state index contributed by atoms with van der Waals surface area (Å²) in [7, 11) is -1.45. The van der Waals surface area contributed by atoms with E-state index in [0.717, 1.165) is 9.87 Å². The van der Waals surface area contributed by atoms with Gasteiger partial charge in [-0.15, -0.1) is 0 Å². The fourth-order valence-corrected chi connectivity index (χ4v) is 5.47. The number of amides is 2. The fraction of sp³-hybridized carbons (Fsp3) is 0.310. The zero-order valence-electron chi connectivity index (χ0n) is 23.2. The lowest BCUT2D eigenvalue weighted by Gasteiger charge is -2.32. The molecule has 0 spiro atoms. The molecule has 0 aliphatic carbocycles. The Hall–Kier alpha value is -4.12. The molecule has 0 aromatic heterocycles. The quantitative estimate of drug-likeness (QED) is 0.354. The second kappa shape index (κ2) is 13.3. The van der Waals surface area contributed by atoms with Crippen LogP contribution in [0.4, 0.5) is 10.1 Å². The van der Waals surface area contributed by atoms with E-state index < -0.39 is 40.2 Å². The number of benzene rings is 3. The number of carbonyl (C=O) groups is 2. The SMILES string of the molecule is CCNC(=O)[C@@H](C)N(Cc1ccc(F)cc1)C(=O)CN(c1ccc(C)cc1)S(=O)(=O)c1ccc(OC)c(OC)c1. The highest BCUT2D eigenvalue weighted by molar-refractivity contribution is 7.92. The maximum atomic E-state index is 14.0. The highest BCUT2D eigenvalue weighted by Gasteiger charge is 2.33. The Labute approximate surface area is 234 Å². The standard InChI is InChI=1S/C29H34FN3O6S/c1-6-31-29(35)21(3)32(18-22-9-11-23(30)12-10-22)28(34)19-33(24-13-7-20(2)8-14-24)40(36,37)25-15-16-26(38-4)27(17-25)39-5/h7-17,21H,6,18-19H2,1-5H3,(H,31,35)/t21-/m1/s1. The first-order valence-electron chi connectivity index (χ1n) is 12.6. The fourth-order valence-electron chi connectivity index (χ4n) is 4.04. The number of rotatable bonds is 12. The van der Waals surface area contributed by atoms with Gasteiger partial charge in [-0.1, -0.05) is 29.8 Å². The van der Waals surface area contributed by atoms with Crippen LogP contribution in [0, 0.1) is 12.7 Å². The van der Waals surface area contributed by atoms with Crippen LogP contribution in [0.1, 0.15) is 25.0 Å². The molecule has 0 saturated carbocycles. The third kappa shape index (κ3) is 7.09. The van der Waals surface area contributed by atoms with Crippen molar-refractivity contribution >= 4 is 27.5 Å². The van der Waals surface area contributed by atoms with Crippen LogP contribution in [0.3, 0.4) is 0 Å². The van der Waals surface area contributed by atoms with Crippen LogP contribution in [-0.2, 0) is 26.2 Å². The summed E-state index contributed by atoms with van der Waals surface area (Å²) in [6.07, 6.45) is 0. The molecular weight excluding hydrogens is 537 g/mol. The van der Waals surface area contributed by atoms with Crippen molar-refractivity contribution in [2.75, 3.05) is 31.6 Å². The van der Waals surface area contributed by atoms with Gasteiger partial charge in [0.2, 0.25) is 11.8 Å². The van der Waals surface area contributed by atoms with E-state index in [9.17, 15) is 22.4 Å². The number of hydrogen-bond acceptors (Lipinski definition) is 6. The van der Waals surface area contributed by atoms with Crippen LogP contribution in [0.2, 0.25) is 0 Å². The van der Waals surface area contributed by atoms with E-state index in [4.69, 9.17) is 9.47 Å². The van der Waals surface area contributed by atoms with Gasteiger partial charge in [-0.3, -0.25) is 13.9 Å². The maximum absolute atomic E-state index is 14.0. The van der Waals surface area contributed by atoms with Crippen molar-refractivity contribution in [3.8, 4) is 11.5 Å². The Morgan fingerprint density at radius 3 is 2.15 bits per heavy atom. The molecule has 40 heavy (non-hydrogen) atoms. The number of methoxy groups -OCH3 is 2. The van der Waals surface area contributed by atoms with Crippen molar-refractivity contribution in [1.29, 1.82) is 0 Å². The zero-order chi connectivity index (χ0) is 29.4. The largest absolute Gasteiger partial charge is 0.493 e. The predicted molar refractivity (Wildman–Crippen MR) is 150 cm³/mol. The van der Waals surface area contributed by atoms with Gasteiger partial charge in [0.05, 0.1) is 24.8 Å². The molecule has 3 aromatic rings. The lowest BCUT2D eigenvalue weighted by atomic mass is 10.1. The maximum Gasteiger partial charge on any atom is 0.264 e. The van der Waals surface area contributed by atoms with Crippen molar-refractivity contribution in [3.05, 3.63) is 83.7 Å². The number of nitrogens with one attached hydrogen (secondary N) is 1. The number of aryl methyl sites for hydroxylation is 1. The highest BCUT2D eigenvalue weighted by atomic mass is 32.2. The molecular formula is C29H34FN3O6S. The molecule has 0 fully saturated rings. The number of ether oxygens (including phenoxy) is 2. The Bertz CT molecular complexity index is 1430. The average molecular weight is 572 g/mol. The topological polar surface area (TPSA) is 105 Å². The van der Waals surface area contributed by atoms with Crippen LogP contribution < -0.4 is 19.1 Å². The van der Waals surface area contributed by atoms with E-state index in [-0.39, 0.29) is 22.9 Å². The normalized spacial score (nSPS) is 11.8. The van der Waals surface area contributed by atoms with Crippen molar-refractivity contribution in [3.63, 3.8) is 0 Å². The molecule has 0 aliphatic rings. The van der Waals surface area contributed by atoms with Gasteiger partial charge >= 0.3 is 0 Å². The monoisotopic (exact) mass is 571 g/mol. The summed E-state index contributed by atoms with van der Waals surface area (Å²) in [5.74, 6) is -0.900. The Morgan fingerprint density at radius 2 is 1.57 bits per heavy atom. The zero-order valence-corrected chi connectivity index (χ0v) is 24.0. The van der Waals surface area contributed by atoms with Crippen molar-refractivity contribution < 1.29 is 31.9 Å². The number of sulfonamides is 1. The van der Waals surface area contributed by atoms with Crippen LogP contribution in [0.5, 0.6) is 11.5 Å². The highest BCUT2D eigenvalue weighted by Crippen LogP contribution is 2.32. The van der Waals surface area contributed by atoms with Crippen LogP contribution in [0.15, 0.2) is 71.6 Å². The van der Waals surface area contributed by atoms with Crippen molar-refractivity contribution in [1.82, 2.24) is 10.2 Å². The van der Waals surface area contributed by atoms with Crippen LogP contribution in [-0.4, -0.2) is 58.5 Å². The number of nitrogens with zero attached hydrogens (tertiary/aromatic N) is 2. The number of anilines is 1. The summed E-state index contributed by atoms with van der Waals surface area (Å²) >= 11 is 0. The molecule has 0 bridgehead atoms. The van der Waals surface area contributed by atoms with Gasteiger partial charge in [0, 0.05) is 19.2 Å². The smallest absolute Gasteiger partial charge is 0.264 e. The van der Waals surface area contributed by atoms with E-state index in [1.165, 1.54) is 61.6 Å². The van der Waals surface area contributed by atoms with Crippen molar-refractivity contribution in [2.24, 2.45) is 0 Å². The van der Waals surface area contributed by atoms with Gasteiger partial charge < -0.3 is 19.7 Å². The minimum atomic E-state index is -4.29. The van der Waals surface area contributed by atoms with Crippen LogP contribution in [0.25, 0.3) is 0 Å². The van der Waals surface area contributed by atoms with Gasteiger partial charge in [-0.2, -0.15) is 0 Å². The minimum absolute atomic E-state index is 0.0322. The second-order valence-electron chi connectivity index (χ2n) is 9.08. The third-order valence-corrected chi connectivity index (χ3v) is 8.10. The lowest BCUT2D eigenvalue weighted by Crippen LogP contribution is -2.51. The van der Waals surface area contributed by atoms with Gasteiger partial charge in [0.15, 0.2) is 11.5 Å². The molecule has 0 aliphatic heterocycles. The number of halogens is 1. The molecule has 9 nitrogen and oxygen atoms in total. The summed E-state index contributed by atoms with van der Waals surface area (Å²) in [6.45, 7) is 4.91. The van der Waals surface area contributed by atoms with Crippen molar-refractivity contribution in [2.45, 2.75) is 38.3 Å². The first kappa shape index (κ1) is 30.4. The molecule has 11 heteroatoms. The number of carbonyl (C=O) groups excluding carboxylic acids is 2. The van der Waals surface area contributed by atoms with Gasteiger partial charge in [-0.05, 0) is 62.7 Å². The lowest BCUT2D eigenvalue weighted by molar-refractivity contribution is -0.139. The molecule has 0 saturated heterocycles. The summed E-state index contributed by atoms with van der Waals surface area (Å²) in [5.41, 5.74) is 1.75. The van der Waals surface area contributed by atoms with E-state index in [1.54, 1.807) is 38.1 Å². The molecule has 0 unspecified atom stereocenters. The Kier molecular flexibility index (Phi) is 10.1. The molecule has 3 aromatic carbocycles. The first-order chi connectivity index (χ1) is 19.0. The Morgan fingerprint density at radius 1 is 0.950 bits per heavy atom. The summed E-state index contributed by atoms with van der Waals surface area (Å²) < 4.78 is 53.0. The van der Waals surface area contributed by atoms with E-state index in [1.807, 2.05) is 6.92 Å². The molecule has 1 atom stereocenters. The molecule has 1 N–H and O–H groups in total. The summed E-state index contributed by atoms with van der Waals surface area (Å²) in [6, 6.07) is 15.5. The Balaban J connectivity index is 2.06. The van der Waals surface area contributed by atoms with E-state index in [0.29, 0.717) is 17.9 Å². The second-order valence-corrected chi connectivity index (χ2v) is 10.9. The van der Waals surface area contributed by atoms with Gasteiger partial charge in [0.1, 0.15) is 18.4 Å². The predicted octanol–water partition coefficient (Wildman–Crippen LogP) is 3.90. The molecule has 3 rings (SSSR count). The molecule has 0 heterocycles. The van der Waals surface area contributed by atoms with Gasteiger partial charge in [-0.25, -0.2) is 12.8 Å². The van der Waals surface area contributed by atoms with E-state index >= 15 is 0 Å². The third-order valence-electron chi connectivity index (χ3n) is 6.33. The first-order valence-corrected chi connectivity index (χ1v) is 14.1. The minimum Gasteiger partial charge on any atom is -0.493 e. The molecule has 214 valence electrons. The number of hydrogen-bond donors (Lipinski definition) is 1. The average Bonchev–Trinajstić information content (AvgIpc) is 2.95. The number of likely N-dealkylation sites (N-methyl/N-ethyl adjacent to an activating group) is 1. The molecule has 0 radical (unpaired) electrons. The van der Waals surface area contributed by atoms with E-state index in [2.05, 4.69) is 5.32 Å².